The zero-order valence-electron chi connectivity index (χ0n) is 30.6. The molecule has 0 spiro atoms. The molecule has 0 bridgehead atoms. The Labute approximate surface area is 297 Å². The van der Waals surface area contributed by atoms with Crippen molar-refractivity contribution in [1.82, 2.24) is 19.7 Å². The predicted molar refractivity (Wildman–Crippen MR) is 202 cm³/mol. The summed E-state index contributed by atoms with van der Waals surface area (Å²) in [4.78, 5) is 31.7. The molecule has 262 valence electrons. The van der Waals surface area contributed by atoms with Gasteiger partial charge in [0.2, 0.25) is 0 Å². The molecule has 5 rings (SSSR count). The number of thiazole rings is 1. The van der Waals surface area contributed by atoms with Crippen molar-refractivity contribution < 1.29 is 4.79 Å². The first-order valence-electron chi connectivity index (χ1n) is 18.9. The minimum absolute atomic E-state index is 0.0676. The van der Waals surface area contributed by atoms with Crippen LogP contribution in [0.1, 0.15) is 146 Å². The van der Waals surface area contributed by atoms with E-state index in [1.807, 2.05) is 6.92 Å². The maximum atomic E-state index is 13.5. The van der Waals surface area contributed by atoms with E-state index in [-0.39, 0.29) is 11.5 Å². The van der Waals surface area contributed by atoms with Crippen molar-refractivity contribution in [3.63, 3.8) is 0 Å². The number of fused-ring (bicyclic) bond motifs is 1. The van der Waals surface area contributed by atoms with E-state index in [1.165, 1.54) is 55.2 Å². The lowest BCUT2D eigenvalue weighted by Crippen LogP contribution is -2.34. The fourth-order valence-electron chi connectivity index (χ4n) is 7.18. The van der Waals surface area contributed by atoms with Gasteiger partial charge < -0.3 is 4.90 Å². The number of aliphatic imine (C=N–C) groups is 1. The summed E-state index contributed by atoms with van der Waals surface area (Å²) >= 11 is 1.61. The Bertz CT molecular complexity index is 1650. The average molecular weight is 682 g/mol. The molecule has 2 aromatic heterocycles. The number of nitrogens with zero attached hydrogens (tertiary/aromatic N) is 7. The molecule has 9 heteroatoms. The zero-order chi connectivity index (χ0) is 34.9. The number of unbranched alkanes of at least 4 members (excludes halogenated alkanes) is 2. The maximum Gasteiger partial charge on any atom is 0.291 e. The van der Waals surface area contributed by atoms with Crippen LogP contribution in [-0.4, -0.2) is 44.5 Å². The van der Waals surface area contributed by atoms with Crippen LogP contribution < -0.4 is 4.90 Å². The van der Waals surface area contributed by atoms with E-state index < -0.39 is 5.91 Å². The van der Waals surface area contributed by atoms with Crippen LogP contribution in [0, 0.1) is 30.1 Å². The molecule has 1 aliphatic carbocycles. The van der Waals surface area contributed by atoms with E-state index in [0.717, 1.165) is 73.0 Å². The molecule has 8 nitrogen and oxygen atoms in total. The molecule has 3 heterocycles. The molecule has 49 heavy (non-hydrogen) atoms. The molecular formula is C40H55N7OS. The van der Waals surface area contributed by atoms with Gasteiger partial charge in [0.05, 0.1) is 0 Å². The summed E-state index contributed by atoms with van der Waals surface area (Å²) < 4.78 is 1.33. The van der Waals surface area contributed by atoms with Crippen molar-refractivity contribution in [2.24, 2.45) is 16.8 Å². The number of hydrogen-bond acceptors (Lipinski definition) is 8. The number of hydrogen-bond donors (Lipinski definition) is 0. The van der Waals surface area contributed by atoms with Gasteiger partial charge in [-0.1, -0.05) is 127 Å². The van der Waals surface area contributed by atoms with Gasteiger partial charge in [-0.3, -0.25) is 4.79 Å². The van der Waals surface area contributed by atoms with Crippen LogP contribution >= 0.6 is 11.3 Å². The molecule has 0 saturated heterocycles. The third-order valence-electron chi connectivity index (χ3n) is 10.5. The summed E-state index contributed by atoms with van der Waals surface area (Å²) in [6.07, 6.45) is 15.1. The third-order valence-corrected chi connectivity index (χ3v) is 11.5. The van der Waals surface area contributed by atoms with Crippen LogP contribution in [0.2, 0.25) is 0 Å². The number of aromatic nitrogens is 4. The van der Waals surface area contributed by atoms with E-state index in [9.17, 15) is 10.1 Å². The van der Waals surface area contributed by atoms with Crippen LogP contribution in [0.25, 0.3) is 11.3 Å². The SMILES string of the molecule is CCCCC(CC)CN(CC(CC)CCCC)c1nc(-c2ccc(C)cc2)c(N=C2C(C)=C(C#N)C(=O)n3nc(C4CCCCC4)nc32)s1. The molecule has 3 aromatic rings. The van der Waals surface area contributed by atoms with Crippen molar-refractivity contribution in [2.75, 3.05) is 18.0 Å². The largest absolute Gasteiger partial charge is 0.347 e. The number of aryl methyl sites for hydroxylation is 1. The average Bonchev–Trinajstić information content (AvgIpc) is 3.76. The molecule has 1 saturated carbocycles. The molecular weight excluding hydrogens is 627 g/mol. The predicted octanol–water partition coefficient (Wildman–Crippen LogP) is 10.6. The summed E-state index contributed by atoms with van der Waals surface area (Å²) in [5.74, 6) is 2.10. The minimum Gasteiger partial charge on any atom is -0.347 e. The Morgan fingerprint density at radius 1 is 0.959 bits per heavy atom. The van der Waals surface area contributed by atoms with E-state index in [2.05, 4.69) is 69.9 Å². The van der Waals surface area contributed by atoms with Gasteiger partial charge in [-0.15, -0.1) is 5.10 Å². The molecule has 2 aliphatic rings. The maximum absolute atomic E-state index is 13.5. The fourth-order valence-corrected chi connectivity index (χ4v) is 8.16. The highest BCUT2D eigenvalue weighted by Gasteiger charge is 2.34. The summed E-state index contributed by atoms with van der Waals surface area (Å²) in [5, 5.41) is 16.6. The lowest BCUT2D eigenvalue weighted by atomic mass is 9.89. The Kier molecular flexibility index (Phi) is 13.0. The fraction of sp³-hybridized carbons (Fsp3) is 0.600. The highest BCUT2D eigenvalue weighted by molar-refractivity contribution is 7.19. The lowest BCUT2D eigenvalue weighted by molar-refractivity contribution is 0.0941. The quantitative estimate of drug-likeness (QED) is 0.149. The van der Waals surface area contributed by atoms with Gasteiger partial charge in [-0.05, 0) is 51.4 Å². The molecule has 1 aliphatic heterocycles. The number of rotatable bonds is 16. The molecule has 2 unspecified atom stereocenters. The monoisotopic (exact) mass is 681 g/mol. The van der Waals surface area contributed by atoms with Crippen LogP contribution in [0.15, 0.2) is 40.4 Å². The van der Waals surface area contributed by atoms with Crippen molar-refractivity contribution >= 4 is 33.1 Å². The third kappa shape index (κ3) is 8.57. The molecule has 0 N–H and O–H groups in total. The first-order valence-corrected chi connectivity index (χ1v) is 19.7. The van der Waals surface area contributed by atoms with E-state index in [1.54, 1.807) is 11.3 Å². The molecule has 1 fully saturated rings. The minimum atomic E-state index is -0.422. The van der Waals surface area contributed by atoms with Crippen LogP contribution in [0.4, 0.5) is 10.1 Å². The number of carbonyl (C=O) groups is 1. The van der Waals surface area contributed by atoms with Crippen molar-refractivity contribution in [3.05, 3.63) is 52.6 Å². The highest BCUT2D eigenvalue weighted by atomic mass is 32.1. The van der Waals surface area contributed by atoms with Gasteiger partial charge in [0, 0.05) is 30.1 Å². The zero-order valence-corrected chi connectivity index (χ0v) is 31.4. The van der Waals surface area contributed by atoms with Crippen molar-refractivity contribution in [2.45, 2.75) is 131 Å². The van der Waals surface area contributed by atoms with Crippen molar-refractivity contribution in [1.29, 1.82) is 5.26 Å². The van der Waals surface area contributed by atoms with Crippen molar-refractivity contribution in [3.8, 4) is 17.3 Å². The van der Waals surface area contributed by atoms with Gasteiger partial charge in [-0.25, -0.2) is 15.0 Å². The van der Waals surface area contributed by atoms with Crippen LogP contribution in [0.3, 0.4) is 0 Å². The Balaban J connectivity index is 1.64. The Morgan fingerprint density at radius 3 is 2.16 bits per heavy atom. The topological polar surface area (TPSA) is 100 Å². The van der Waals surface area contributed by atoms with Gasteiger partial charge in [0.15, 0.2) is 16.8 Å². The number of benzene rings is 1. The van der Waals surface area contributed by atoms with E-state index >= 15 is 0 Å². The highest BCUT2D eigenvalue weighted by Crippen LogP contribution is 2.42. The smallest absolute Gasteiger partial charge is 0.291 e. The first-order chi connectivity index (χ1) is 23.8. The number of anilines is 1. The number of nitriles is 1. The number of carbonyl (C=O) groups excluding carboxylic acids is 1. The number of allylic oxidation sites excluding steroid dienone is 2. The van der Waals surface area contributed by atoms with Gasteiger partial charge in [0.25, 0.3) is 5.91 Å². The molecule has 2 atom stereocenters. The Hall–Kier alpha value is -3.64. The normalized spacial score (nSPS) is 17.3. The molecule has 0 amide bonds. The Morgan fingerprint density at radius 2 is 1.59 bits per heavy atom. The summed E-state index contributed by atoms with van der Waals surface area (Å²) in [7, 11) is 0. The van der Waals surface area contributed by atoms with E-state index in [0.29, 0.717) is 34.8 Å². The van der Waals surface area contributed by atoms with Gasteiger partial charge >= 0.3 is 0 Å². The van der Waals surface area contributed by atoms with Gasteiger partial charge in [-0.2, -0.15) is 9.94 Å². The molecule has 0 radical (unpaired) electrons. The lowest BCUT2D eigenvalue weighted by Gasteiger charge is -2.30. The summed E-state index contributed by atoms with van der Waals surface area (Å²) in [6, 6.07) is 10.6. The van der Waals surface area contributed by atoms with Crippen LogP contribution in [-0.2, 0) is 0 Å². The van der Waals surface area contributed by atoms with Gasteiger partial charge in [0.1, 0.15) is 28.0 Å². The summed E-state index contributed by atoms with van der Waals surface area (Å²) in [6.45, 7) is 15.0. The van der Waals surface area contributed by atoms with E-state index in [4.69, 9.17) is 20.1 Å². The molecule has 1 aromatic carbocycles. The standard InChI is InChI=1S/C40H55N7OS/c1-7-11-16-29(9-3)25-46(26-30(10-4)17-12-8-2)40-43-35(31-22-20-27(5)21-23-31)38(49-40)42-34-28(6)33(24-41)39(48)47-37(34)44-36(45-47)32-18-14-13-15-19-32/h20-23,29-30,32H,7-19,25-26H2,1-6H3. The summed E-state index contributed by atoms with van der Waals surface area (Å²) in [5.41, 5.74) is 4.15. The second-order valence-corrected chi connectivity index (χ2v) is 15.1. The van der Waals surface area contributed by atoms with Crippen LogP contribution in [0.5, 0.6) is 0 Å². The second kappa shape index (κ2) is 17.3. The second-order valence-electron chi connectivity index (χ2n) is 14.2. The first kappa shape index (κ1) is 36.6.